The molecule has 0 aromatic heterocycles. The van der Waals surface area contributed by atoms with E-state index in [-0.39, 0.29) is 5.82 Å². The summed E-state index contributed by atoms with van der Waals surface area (Å²) in [6.45, 7) is 2.63. The third-order valence-electron chi connectivity index (χ3n) is 3.58. The van der Waals surface area contributed by atoms with Crippen molar-refractivity contribution in [3.63, 3.8) is 0 Å². The van der Waals surface area contributed by atoms with Crippen molar-refractivity contribution in [1.29, 1.82) is 0 Å². The van der Waals surface area contributed by atoms with E-state index in [2.05, 4.69) is 17.0 Å². The van der Waals surface area contributed by atoms with Gasteiger partial charge in [-0.15, -0.1) is 0 Å². The molecule has 0 bridgehead atoms. The van der Waals surface area contributed by atoms with Gasteiger partial charge in [-0.3, -0.25) is 0 Å². The summed E-state index contributed by atoms with van der Waals surface area (Å²) in [5, 5.41) is 0. The number of nitrogens with zero attached hydrogens (tertiary/aromatic N) is 1. The predicted molar refractivity (Wildman–Crippen MR) is 78.6 cm³/mol. The Balaban J connectivity index is 1.66. The number of halogens is 1. The number of benzene rings is 2. The molecule has 104 valence electrons. The summed E-state index contributed by atoms with van der Waals surface area (Å²) in [6.07, 6.45) is 2.52. The standard InChI is InChI=1S/C17H18FNO/c18-15-6-3-5-14(11-15)13-20-17-8-4-7-16(12-17)19-9-1-2-10-19/h3-8,11-12H,1-2,9-10,13H2. The van der Waals surface area contributed by atoms with Crippen molar-refractivity contribution < 1.29 is 9.13 Å². The van der Waals surface area contributed by atoms with Gasteiger partial charge in [0.25, 0.3) is 0 Å². The largest absolute Gasteiger partial charge is 0.489 e. The maximum Gasteiger partial charge on any atom is 0.123 e. The van der Waals surface area contributed by atoms with Crippen LogP contribution in [-0.2, 0) is 6.61 Å². The van der Waals surface area contributed by atoms with Gasteiger partial charge in [-0.1, -0.05) is 18.2 Å². The molecule has 0 spiro atoms. The first-order valence-electron chi connectivity index (χ1n) is 7.03. The number of hydrogen-bond donors (Lipinski definition) is 0. The minimum Gasteiger partial charge on any atom is -0.489 e. The lowest BCUT2D eigenvalue weighted by molar-refractivity contribution is 0.305. The van der Waals surface area contributed by atoms with Crippen LogP contribution < -0.4 is 9.64 Å². The van der Waals surface area contributed by atoms with Crippen LogP contribution in [0.25, 0.3) is 0 Å². The molecule has 20 heavy (non-hydrogen) atoms. The van der Waals surface area contributed by atoms with Crippen molar-refractivity contribution in [3.8, 4) is 5.75 Å². The van der Waals surface area contributed by atoms with Gasteiger partial charge >= 0.3 is 0 Å². The van der Waals surface area contributed by atoms with Gasteiger partial charge in [0.15, 0.2) is 0 Å². The first-order chi connectivity index (χ1) is 9.81. The van der Waals surface area contributed by atoms with Crippen molar-refractivity contribution in [2.75, 3.05) is 18.0 Å². The van der Waals surface area contributed by atoms with E-state index in [1.165, 1.54) is 30.7 Å². The molecule has 0 atom stereocenters. The molecule has 3 heteroatoms. The molecule has 2 nitrogen and oxygen atoms in total. The van der Waals surface area contributed by atoms with Crippen LogP contribution in [0.2, 0.25) is 0 Å². The lowest BCUT2D eigenvalue weighted by Crippen LogP contribution is -2.17. The maximum atomic E-state index is 13.1. The predicted octanol–water partition coefficient (Wildman–Crippen LogP) is 4.00. The smallest absolute Gasteiger partial charge is 0.123 e. The molecule has 0 N–H and O–H groups in total. The van der Waals surface area contributed by atoms with Crippen LogP contribution in [0.15, 0.2) is 48.5 Å². The average molecular weight is 271 g/mol. The highest BCUT2D eigenvalue weighted by Crippen LogP contribution is 2.25. The zero-order chi connectivity index (χ0) is 13.8. The Morgan fingerprint density at radius 2 is 1.80 bits per heavy atom. The molecular formula is C17H18FNO. The Morgan fingerprint density at radius 3 is 2.60 bits per heavy atom. The fourth-order valence-electron chi connectivity index (χ4n) is 2.54. The maximum absolute atomic E-state index is 13.1. The van der Waals surface area contributed by atoms with Gasteiger partial charge in [0, 0.05) is 24.8 Å². The zero-order valence-electron chi connectivity index (χ0n) is 11.4. The molecule has 1 saturated heterocycles. The van der Waals surface area contributed by atoms with Crippen LogP contribution >= 0.6 is 0 Å². The highest BCUT2D eigenvalue weighted by molar-refractivity contribution is 5.51. The molecule has 1 aliphatic rings. The molecule has 2 aromatic rings. The number of rotatable bonds is 4. The molecule has 2 aromatic carbocycles. The minimum absolute atomic E-state index is 0.225. The molecule has 1 aliphatic heterocycles. The van der Waals surface area contributed by atoms with Gasteiger partial charge < -0.3 is 9.64 Å². The van der Waals surface area contributed by atoms with Gasteiger partial charge in [-0.2, -0.15) is 0 Å². The summed E-state index contributed by atoms with van der Waals surface area (Å²) in [7, 11) is 0. The number of ether oxygens (including phenoxy) is 1. The molecular weight excluding hydrogens is 253 g/mol. The van der Waals surface area contributed by atoms with Crippen molar-refractivity contribution in [2.45, 2.75) is 19.4 Å². The van der Waals surface area contributed by atoms with Crippen LogP contribution in [0, 0.1) is 5.82 Å². The minimum atomic E-state index is -0.225. The van der Waals surface area contributed by atoms with Crippen LogP contribution in [0.5, 0.6) is 5.75 Å². The summed E-state index contributed by atoms with van der Waals surface area (Å²) in [5.41, 5.74) is 2.05. The highest BCUT2D eigenvalue weighted by atomic mass is 19.1. The molecule has 3 rings (SSSR count). The van der Waals surface area contributed by atoms with E-state index in [1.807, 2.05) is 18.2 Å². The molecule has 0 radical (unpaired) electrons. The second-order valence-corrected chi connectivity index (χ2v) is 5.11. The van der Waals surface area contributed by atoms with Crippen molar-refractivity contribution in [3.05, 3.63) is 59.9 Å². The lowest BCUT2D eigenvalue weighted by atomic mass is 10.2. The fourth-order valence-corrected chi connectivity index (χ4v) is 2.54. The van der Waals surface area contributed by atoms with E-state index in [0.29, 0.717) is 6.61 Å². The van der Waals surface area contributed by atoms with E-state index >= 15 is 0 Å². The first-order valence-corrected chi connectivity index (χ1v) is 7.03. The van der Waals surface area contributed by atoms with Gasteiger partial charge in [0.05, 0.1) is 0 Å². The number of anilines is 1. The molecule has 0 saturated carbocycles. The molecule has 1 fully saturated rings. The summed E-state index contributed by atoms with van der Waals surface area (Å²) in [5.74, 6) is 0.607. The lowest BCUT2D eigenvalue weighted by Gasteiger charge is -2.18. The normalized spacial score (nSPS) is 14.6. The van der Waals surface area contributed by atoms with Crippen LogP contribution in [0.1, 0.15) is 18.4 Å². The monoisotopic (exact) mass is 271 g/mol. The average Bonchev–Trinajstić information content (AvgIpc) is 3.00. The van der Waals surface area contributed by atoms with E-state index in [9.17, 15) is 4.39 Å². The van der Waals surface area contributed by atoms with Gasteiger partial charge in [-0.05, 0) is 42.7 Å². The van der Waals surface area contributed by atoms with E-state index < -0.39 is 0 Å². The highest BCUT2D eigenvalue weighted by Gasteiger charge is 2.12. The third kappa shape index (κ3) is 3.10. The molecule has 0 amide bonds. The second-order valence-electron chi connectivity index (χ2n) is 5.11. The Hall–Kier alpha value is -2.03. The fraction of sp³-hybridized carbons (Fsp3) is 0.294. The second kappa shape index (κ2) is 5.95. The van der Waals surface area contributed by atoms with Crippen molar-refractivity contribution in [2.24, 2.45) is 0 Å². The Labute approximate surface area is 118 Å². The number of hydrogen-bond acceptors (Lipinski definition) is 2. The van der Waals surface area contributed by atoms with Crippen molar-refractivity contribution >= 4 is 5.69 Å². The topological polar surface area (TPSA) is 12.5 Å². The summed E-state index contributed by atoms with van der Waals surface area (Å²) >= 11 is 0. The molecule has 0 unspecified atom stereocenters. The Bertz CT molecular complexity index is 579. The SMILES string of the molecule is Fc1cccc(COc2cccc(N3CCCC3)c2)c1. The molecule has 0 aliphatic carbocycles. The van der Waals surface area contributed by atoms with Gasteiger partial charge in [0.2, 0.25) is 0 Å². The van der Waals surface area contributed by atoms with Crippen molar-refractivity contribution in [1.82, 2.24) is 0 Å². The van der Waals surface area contributed by atoms with E-state index in [4.69, 9.17) is 4.74 Å². The van der Waals surface area contributed by atoms with Crippen LogP contribution in [0.3, 0.4) is 0 Å². The van der Waals surface area contributed by atoms with E-state index in [0.717, 1.165) is 24.4 Å². The quantitative estimate of drug-likeness (QED) is 0.833. The summed E-state index contributed by atoms with van der Waals surface area (Å²) in [4.78, 5) is 2.37. The molecule has 1 heterocycles. The zero-order valence-corrected chi connectivity index (χ0v) is 11.4. The van der Waals surface area contributed by atoms with Crippen LogP contribution in [0.4, 0.5) is 10.1 Å². The van der Waals surface area contributed by atoms with Gasteiger partial charge in [-0.25, -0.2) is 4.39 Å². The van der Waals surface area contributed by atoms with Crippen LogP contribution in [-0.4, -0.2) is 13.1 Å². The summed E-state index contributed by atoms with van der Waals surface area (Å²) in [6, 6.07) is 14.6. The van der Waals surface area contributed by atoms with E-state index in [1.54, 1.807) is 6.07 Å². The third-order valence-corrected chi connectivity index (χ3v) is 3.58. The first kappa shape index (κ1) is 13.0. The summed E-state index contributed by atoms with van der Waals surface area (Å²) < 4.78 is 18.9. The van der Waals surface area contributed by atoms with Gasteiger partial charge in [0.1, 0.15) is 18.2 Å². The Morgan fingerprint density at radius 1 is 1.00 bits per heavy atom. The Kier molecular flexibility index (Phi) is 3.86.